The molecule has 0 aromatic heterocycles. The maximum absolute atomic E-state index is 12.2. The normalized spacial score (nSPS) is 20.3. The minimum absolute atomic E-state index is 0.266. The van der Waals surface area contributed by atoms with Crippen molar-refractivity contribution in [2.75, 3.05) is 39.3 Å². The van der Waals surface area contributed by atoms with Gasteiger partial charge in [-0.2, -0.15) is 5.10 Å². The van der Waals surface area contributed by atoms with Gasteiger partial charge in [0.05, 0.1) is 12.6 Å². The Labute approximate surface area is 208 Å². The molecule has 0 bridgehead atoms. The Kier molecular flexibility index (Phi) is 9.10. The number of carbonyl (C=O) groups excluding carboxylic acids is 2. The Balaban J connectivity index is 1.41. The average molecular weight is 506 g/mol. The van der Waals surface area contributed by atoms with E-state index in [-0.39, 0.29) is 23.6 Å². The fourth-order valence-corrected chi connectivity index (χ4v) is 4.27. The molecule has 0 radical (unpaired) electrons. The van der Waals surface area contributed by atoms with Gasteiger partial charge in [0.1, 0.15) is 23.2 Å². The third-order valence-electron chi connectivity index (χ3n) is 5.05. The van der Waals surface area contributed by atoms with Crippen LogP contribution in [0, 0.1) is 0 Å². The second-order valence-electron chi connectivity index (χ2n) is 9.07. The van der Waals surface area contributed by atoms with Crippen LogP contribution in [-0.4, -0.2) is 94.4 Å². The zero-order chi connectivity index (χ0) is 25.4. The summed E-state index contributed by atoms with van der Waals surface area (Å²) < 4.78 is 11.3. The summed E-state index contributed by atoms with van der Waals surface area (Å²) in [6.07, 6.45) is 0.997. The highest BCUT2D eigenvalue weighted by molar-refractivity contribution is 8.15. The Morgan fingerprint density at radius 1 is 1.26 bits per heavy atom. The van der Waals surface area contributed by atoms with Crippen molar-refractivity contribution in [1.82, 2.24) is 15.1 Å². The summed E-state index contributed by atoms with van der Waals surface area (Å²) in [5, 5.41) is 18.9. The molecule has 0 aliphatic carbocycles. The van der Waals surface area contributed by atoms with Crippen molar-refractivity contribution in [2.45, 2.75) is 38.0 Å². The lowest BCUT2D eigenvalue weighted by molar-refractivity contribution is -0.138. The number of ether oxygens (including phenoxy) is 2. The van der Waals surface area contributed by atoms with E-state index in [2.05, 4.69) is 20.4 Å². The topological polar surface area (TPSA) is 133 Å². The highest BCUT2D eigenvalue weighted by Crippen LogP contribution is 2.22. The lowest BCUT2D eigenvalue weighted by atomic mass is 10.2. The Bertz CT molecular complexity index is 985. The summed E-state index contributed by atoms with van der Waals surface area (Å²) in [7, 11) is 0. The number of carbonyl (C=O) groups is 3. The Morgan fingerprint density at radius 3 is 2.69 bits per heavy atom. The van der Waals surface area contributed by atoms with Crippen molar-refractivity contribution in [2.24, 2.45) is 10.2 Å². The van der Waals surface area contributed by atoms with Crippen molar-refractivity contribution in [3.8, 4) is 5.75 Å². The van der Waals surface area contributed by atoms with Gasteiger partial charge in [-0.15, -0.1) is 5.10 Å². The van der Waals surface area contributed by atoms with Gasteiger partial charge < -0.3 is 24.8 Å². The molecule has 190 valence electrons. The Hall–Kier alpha value is -3.12. The van der Waals surface area contributed by atoms with Crippen LogP contribution in [0.1, 0.15) is 32.8 Å². The molecule has 12 heteroatoms. The standard InChI is InChI=1S/C23H31N5O6S/c1-23(2,3)34-22(32)28-9-7-27(8-10-28)11-12-33-17-6-4-5-16(13-17)15-24-26-21-25-20(31)18(35-21)14-19(29)30/h4-6,13,15,18H,7-12,14H2,1-3H3,(H,29,30)(H,25,26,31). The van der Waals surface area contributed by atoms with Crippen molar-refractivity contribution < 1.29 is 29.0 Å². The molecule has 0 saturated carbocycles. The number of piperazine rings is 1. The van der Waals surface area contributed by atoms with Crippen molar-refractivity contribution >= 4 is 41.1 Å². The predicted octanol–water partition coefficient (Wildman–Crippen LogP) is 2.01. The van der Waals surface area contributed by atoms with Crippen LogP contribution in [-0.2, 0) is 14.3 Å². The first-order chi connectivity index (χ1) is 16.6. The number of hydrogen-bond acceptors (Lipinski definition) is 9. The minimum Gasteiger partial charge on any atom is -0.492 e. The number of nitrogens with zero attached hydrogens (tertiary/aromatic N) is 4. The van der Waals surface area contributed by atoms with E-state index in [0.717, 1.165) is 37.0 Å². The molecule has 2 N–H and O–H groups in total. The van der Waals surface area contributed by atoms with Gasteiger partial charge in [0.15, 0.2) is 5.17 Å². The number of thioether (sulfide) groups is 1. The first-order valence-electron chi connectivity index (χ1n) is 11.3. The number of benzene rings is 1. The minimum atomic E-state index is -1.04. The molecule has 2 heterocycles. The monoisotopic (exact) mass is 505 g/mol. The molecular weight excluding hydrogens is 474 g/mol. The molecular formula is C23H31N5O6S. The van der Waals surface area contributed by atoms with Gasteiger partial charge in [0.2, 0.25) is 5.91 Å². The van der Waals surface area contributed by atoms with Crippen LogP contribution in [0.4, 0.5) is 4.79 Å². The van der Waals surface area contributed by atoms with Gasteiger partial charge in [0.25, 0.3) is 0 Å². The number of carboxylic acids is 1. The van der Waals surface area contributed by atoms with Crippen LogP contribution in [0.25, 0.3) is 0 Å². The highest BCUT2D eigenvalue weighted by Gasteiger charge is 2.32. The van der Waals surface area contributed by atoms with Gasteiger partial charge in [-0.25, -0.2) is 4.79 Å². The molecule has 1 atom stereocenters. The summed E-state index contributed by atoms with van der Waals surface area (Å²) in [4.78, 5) is 38.7. The number of amidine groups is 1. The van der Waals surface area contributed by atoms with Crippen LogP contribution < -0.4 is 10.1 Å². The van der Waals surface area contributed by atoms with E-state index in [1.165, 1.54) is 6.21 Å². The fourth-order valence-electron chi connectivity index (χ4n) is 3.35. The molecule has 35 heavy (non-hydrogen) atoms. The molecule has 2 aliphatic heterocycles. The number of carboxylic acid groups (broad SMARTS) is 1. The van der Waals surface area contributed by atoms with E-state index in [1.807, 2.05) is 45.0 Å². The van der Waals surface area contributed by atoms with Crippen molar-refractivity contribution in [3.05, 3.63) is 29.8 Å². The van der Waals surface area contributed by atoms with Gasteiger partial charge in [-0.1, -0.05) is 23.9 Å². The lowest BCUT2D eigenvalue weighted by Gasteiger charge is -2.35. The molecule has 1 aromatic carbocycles. The quantitative estimate of drug-likeness (QED) is 0.405. The summed E-state index contributed by atoms with van der Waals surface area (Å²) in [6, 6.07) is 7.38. The second kappa shape index (κ2) is 12.0. The molecule has 2 fully saturated rings. The van der Waals surface area contributed by atoms with Crippen LogP contribution in [0.3, 0.4) is 0 Å². The molecule has 2 saturated heterocycles. The third kappa shape index (κ3) is 8.87. The maximum Gasteiger partial charge on any atom is 0.410 e. The summed E-state index contributed by atoms with van der Waals surface area (Å²) >= 11 is 1.05. The van der Waals surface area contributed by atoms with Gasteiger partial charge >= 0.3 is 12.1 Å². The molecule has 2 aliphatic rings. The zero-order valence-electron chi connectivity index (χ0n) is 20.1. The number of rotatable bonds is 8. The summed E-state index contributed by atoms with van der Waals surface area (Å²) in [5.74, 6) is -0.727. The Morgan fingerprint density at radius 2 is 2.00 bits per heavy atom. The van der Waals surface area contributed by atoms with E-state index in [9.17, 15) is 14.4 Å². The van der Waals surface area contributed by atoms with Gasteiger partial charge in [-0.3, -0.25) is 14.5 Å². The van der Waals surface area contributed by atoms with Crippen LogP contribution in [0.2, 0.25) is 0 Å². The van der Waals surface area contributed by atoms with Crippen LogP contribution >= 0.6 is 11.8 Å². The zero-order valence-corrected chi connectivity index (χ0v) is 20.9. The lowest BCUT2D eigenvalue weighted by Crippen LogP contribution is -2.50. The molecule has 2 amide bonds. The smallest absolute Gasteiger partial charge is 0.410 e. The van der Waals surface area contributed by atoms with E-state index in [1.54, 1.807) is 4.90 Å². The van der Waals surface area contributed by atoms with Crippen molar-refractivity contribution in [3.63, 3.8) is 0 Å². The SMILES string of the molecule is CC(C)(C)OC(=O)N1CCN(CCOc2cccc(C=NN=C3NC(=O)C(CC(=O)O)S3)c2)CC1. The number of nitrogens with one attached hydrogen (secondary N) is 1. The molecule has 11 nitrogen and oxygen atoms in total. The van der Waals surface area contributed by atoms with E-state index in [0.29, 0.717) is 25.4 Å². The first kappa shape index (κ1) is 26.5. The van der Waals surface area contributed by atoms with Gasteiger partial charge in [-0.05, 0) is 38.5 Å². The van der Waals surface area contributed by atoms with E-state index >= 15 is 0 Å². The number of hydrogen-bond donors (Lipinski definition) is 2. The van der Waals surface area contributed by atoms with Crippen LogP contribution in [0.15, 0.2) is 34.5 Å². The van der Waals surface area contributed by atoms with Crippen molar-refractivity contribution in [1.29, 1.82) is 0 Å². The first-order valence-corrected chi connectivity index (χ1v) is 12.2. The summed E-state index contributed by atoms with van der Waals surface area (Å²) in [5.41, 5.74) is 0.277. The second-order valence-corrected chi connectivity index (χ2v) is 10.3. The fraction of sp³-hybridized carbons (Fsp3) is 0.522. The number of amides is 2. The largest absolute Gasteiger partial charge is 0.492 e. The average Bonchev–Trinajstić information content (AvgIpc) is 3.11. The molecule has 3 rings (SSSR count). The molecule has 1 aromatic rings. The molecule has 1 unspecified atom stereocenters. The molecule has 0 spiro atoms. The third-order valence-corrected chi connectivity index (χ3v) is 6.12. The maximum atomic E-state index is 12.2. The highest BCUT2D eigenvalue weighted by atomic mass is 32.2. The predicted molar refractivity (Wildman–Crippen MR) is 133 cm³/mol. The van der Waals surface area contributed by atoms with E-state index < -0.39 is 16.8 Å². The summed E-state index contributed by atoms with van der Waals surface area (Å²) in [6.45, 7) is 9.60. The van der Waals surface area contributed by atoms with E-state index in [4.69, 9.17) is 14.6 Å². The van der Waals surface area contributed by atoms with Gasteiger partial charge in [0, 0.05) is 32.7 Å². The van der Waals surface area contributed by atoms with Crippen LogP contribution in [0.5, 0.6) is 5.75 Å². The number of aliphatic carboxylic acids is 1.